The van der Waals surface area contributed by atoms with Crippen molar-refractivity contribution < 1.29 is 14.3 Å². The molecule has 1 aliphatic rings. The number of thioether (sulfide) groups is 1. The molecule has 0 aliphatic carbocycles. The van der Waals surface area contributed by atoms with Crippen LogP contribution >= 0.6 is 11.8 Å². The minimum atomic E-state index is -0.250. The maximum atomic E-state index is 12.8. The van der Waals surface area contributed by atoms with Crippen LogP contribution < -0.4 is 15.4 Å². The number of anilines is 2. The van der Waals surface area contributed by atoms with Crippen molar-refractivity contribution in [1.82, 2.24) is 0 Å². The molecule has 0 aromatic heterocycles. The van der Waals surface area contributed by atoms with E-state index in [1.54, 1.807) is 19.2 Å². The maximum Gasteiger partial charge on any atom is 0.255 e. The summed E-state index contributed by atoms with van der Waals surface area (Å²) >= 11 is 1.49. The molecule has 0 saturated heterocycles. The Morgan fingerprint density at radius 3 is 2.59 bits per heavy atom. The van der Waals surface area contributed by atoms with E-state index in [1.807, 2.05) is 31.2 Å². The van der Waals surface area contributed by atoms with Crippen molar-refractivity contribution >= 4 is 35.0 Å². The maximum absolute atomic E-state index is 12.8. The summed E-state index contributed by atoms with van der Waals surface area (Å²) in [4.78, 5) is 25.6. The zero-order chi connectivity index (χ0) is 19.8. The van der Waals surface area contributed by atoms with E-state index in [0.717, 1.165) is 10.5 Å². The van der Waals surface area contributed by atoms with Gasteiger partial charge in [0.25, 0.3) is 5.91 Å². The molecular weight excluding hydrogens is 360 g/mol. The summed E-state index contributed by atoms with van der Waals surface area (Å²) in [6.07, 6.45) is 0. The van der Waals surface area contributed by atoms with Crippen LogP contribution in [0, 0.1) is 0 Å². The molecule has 0 unspecified atom stereocenters. The van der Waals surface area contributed by atoms with Crippen LogP contribution in [0.5, 0.6) is 5.75 Å². The number of rotatable bonds is 3. The zero-order valence-corrected chi connectivity index (χ0v) is 17.0. The Morgan fingerprint density at radius 1 is 1.19 bits per heavy atom. The van der Waals surface area contributed by atoms with E-state index in [-0.39, 0.29) is 22.5 Å². The average molecular weight is 385 g/mol. The Labute approximate surface area is 163 Å². The number of carbonyl (C=O) groups excluding carboxylic acids is 2. The fourth-order valence-electron chi connectivity index (χ4n) is 2.82. The lowest BCUT2D eigenvalue weighted by Gasteiger charge is -2.22. The lowest BCUT2D eigenvalue weighted by atomic mass is 9.87. The third kappa shape index (κ3) is 4.11. The monoisotopic (exact) mass is 384 g/mol. The van der Waals surface area contributed by atoms with Crippen molar-refractivity contribution in [3.63, 3.8) is 0 Å². The average Bonchev–Trinajstić information content (AvgIpc) is 2.61. The molecule has 27 heavy (non-hydrogen) atoms. The molecule has 0 radical (unpaired) electrons. The van der Waals surface area contributed by atoms with Gasteiger partial charge in [-0.05, 0) is 48.2 Å². The highest BCUT2D eigenvalue weighted by Gasteiger charge is 2.24. The van der Waals surface area contributed by atoms with Gasteiger partial charge in [-0.1, -0.05) is 26.8 Å². The largest absolute Gasteiger partial charge is 0.495 e. The van der Waals surface area contributed by atoms with Gasteiger partial charge >= 0.3 is 0 Å². The molecule has 6 heteroatoms. The van der Waals surface area contributed by atoms with E-state index in [2.05, 4.69) is 31.4 Å². The quantitative estimate of drug-likeness (QED) is 0.806. The molecular formula is C21H24N2O3S. The molecule has 2 aromatic rings. The number of methoxy groups -OCH3 is 1. The Bertz CT molecular complexity index is 903. The van der Waals surface area contributed by atoms with Crippen LogP contribution in [0.15, 0.2) is 41.3 Å². The first-order valence-electron chi connectivity index (χ1n) is 8.80. The summed E-state index contributed by atoms with van der Waals surface area (Å²) < 4.78 is 5.39. The predicted molar refractivity (Wildman–Crippen MR) is 110 cm³/mol. The number of hydrogen-bond donors (Lipinski definition) is 2. The molecule has 1 atom stereocenters. The van der Waals surface area contributed by atoms with Gasteiger partial charge in [-0.15, -0.1) is 11.8 Å². The highest BCUT2D eigenvalue weighted by atomic mass is 32.2. The second-order valence-electron chi connectivity index (χ2n) is 7.58. The first-order chi connectivity index (χ1) is 12.7. The van der Waals surface area contributed by atoms with Crippen LogP contribution in [0.25, 0.3) is 0 Å². The topological polar surface area (TPSA) is 67.4 Å². The minimum absolute atomic E-state index is 0.0459. The van der Waals surface area contributed by atoms with Crippen LogP contribution in [0.2, 0.25) is 0 Å². The Kier molecular flexibility index (Phi) is 5.20. The summed E-state index contributed by atoms with van der Waals surface area (Å²) in [6, 6.07) is 11.2. The summed E-state index contributed by atoms with van der Waals surface area (Å²) in [5.41, 5.74) is 2.83. The van der Waals surface area contributed by atoms with Gasteiger partial charge in [0, 0.05) is 10.5 Å². The van der Waals surface area contributed by atoms with Crippen LogP contribution in [-0.2, 0) is 10.2 Å². The van der Waals surface area contributed by atoms with Crippen molar-refractivity contribution in [2.45, 2.75) is 43.3 Å². The molecule has 0 saturated carbocycles. The molecule has 3 rings (SSSR count). The van der Waals surface area contributed by atoms with Crippen LogP contribution in [0.1, 0.15) is 43.6 Å². The number of carbonyl (C=O) groups is 2. The number of fused-ring (bicyclic) bond motifs is 1. The van der Waals surface area contributed by atoms with Gasteiger partial charge in [0.15, 0.2) is 0 Å². The molecule has 2 aromatic carbocycles. The van der Waals surface area contributed by atoms with Gasteiger partial charge in [-0.2, -0.15) is 0 Å². The molecule has 0 fully saturated rings. The van der Waals surface area contributed by atoms with Crippen molar-refractivity contribution in [3.05, 3.63) is 47.5 Å². The smallest absolute Gasteiger partial charge is 0.255 e. The van der Waals surface area contributed by atoms with Gasteiger partial charge in [0.05, 0.1) is 23.7 Å². The Morgan fingerprint density at radius 2 is 1.93 bits per heavy atom. The second kappa shape index (κ2) is 7.27. The molecule has 0 spiro atoms. The first-order valence-corrected chi connectivity index (χ1v) is 9.68. The van der Waals surface area contributed by atoms with Crippen molar-refractivity contribution in [1.29, 1.82) is 0 Å². The molecule has 1 heterocycles. The standard InChI is InChI=1S/C21H24N2O3S/c1-12-19(24)23-16-10-13(6-9-18(16)27-12)20(25)22-15-11-14(21(2,3)4)7-8-17(15)26-5/h6-12H,1-5H3,(H,22,25)(H,23,24)/t12-/m1/s1. The Hall–Kier alpha value is -2.47. The van der Waals surface area contributed by atoms with Gasteiger partial charge < -0.3 is 15.4 Å². The summed E-state index contributed by atoms with van der Waals surface area (Å²) in [7, 11) is 1.58. The number of benzene rings is 2. The predicted octanol–water partition coefficient (Wildman–Crippen LogP) is 4.68. The van der Waals surface area contributed by atoms with Crippen LogP contribution in [0.4, 0.5) is 11.4 Å². The number of amides is 2. The van der Waals surface area contributed by atoms with Gasteiger partial charge in [0.2, 0.25) is 5.91 Å². The van der Waals surface area contributed by atoms with E-state index >= 15 is 0 Å². The fourth-order valence-corrected chi connectivity index (χ4v) is 3.75. The lowest BCUT2D eigenvalue weighted by Crippen LogP contribution is -2.26. The molecule has 0 bridgehead atoms. The fraction of sp³-hybridized carbons (Fsp3) is 0.333. The van der Waals surface area contributed by atoms with Gasteiger partial charge in [0.1, 0.15) is 5.75 Å². The first kappa shape index (κ1) is 19.3. The zero-order valence-electron chi connectivity index (χ0n) is 16.2. The number of ether oxygens (including phenoxy) is 1. The summed E-state index contributed by atoms with van der Waals surface area (Å²) in [5.74, 6) is 0.302. The molecule has 1 aliphatic heterocycles. The normalized spacial score (nSPS) is 16.3. The SMILES string of the molecule is COc1ccc(C(C)(C)C)cc1NC(=O)c1ccc2c(c1)NC(=O)[C@@H](C)S2. The minimum Gasteiger partial charge on any atom is -0.495 e. The molecule has 2 amide bonds. The molecule has 142 valence electrons. The van der Waals surface area contributed by atoms with Crippen LogP contribution in [-0.4, -0.2) is 24.2 Å². The van der Waals surface area contributed by atoms with Gasteiger partial charge in [-0.25, -0.2) is 0 Å². The number of hydrogen-bond acceptors (Lipinski definition) is 4. The second-order valence-corrected chi connectivity index (χ2v) is 8.96. The molecule has 2 N–H and O–H groups in total. The van der Waals surface area contributed by atoms with E-state index < -0.39 is 0 Å². The van der Waals surface area contributed by atoms with Crippen molar-refractivity contribution in [3.8, 4) is 5.75 Å². The van der Waals surface area contributed by atoms with Crippen LogP contribution in [0.3, 0.4) is 0 Å². The Balaban J connectivity index is 1.88. The number of nitrogens with one attached hydrogen (secondary N) is 2. The van der Waals surface area contributed by atoms with Crippen molar-refractivity contribution in [2.75, 3.05) is 17.7 Å². The lowest BCUT2D eigenvalue weighted by molar-refractivity contribution is -0.115. The van der Waals surface area contributed by atoms with Crippen molar-refractivity contribution in [2.24, 2.45) is 0 Å². The van der Waals surface area contributed by atoms with E-state index in [1.165, 1.54) is 11.8 Å². The summed E-state index contributed by atoms with van der Waals surface area (Å²) in [6.45, 7) is 8.21. The molecule has 5 nitrogen and oxygen atoms in total. The third-order valence-electron chi connectivity index (χ3n) is 4.49. The highest BCUT2D eigenvalue weighted by Crippen LogP contribution is 2.36. The summed E-state index contributed by atoms with van der Waals surface area (Å²) in [5, 5.41) is 5.65. The van der Waals surface area contributed by atoms with Gasteiger partial charge in [-0.3, -0.25) is 9.59 Å². The highest BCUT2D eigenvalue weighted by molar-refractivity contribution is 8.00. The van der Waals surface area contributed by atoms with E-state index in [9.17, 15) is 9.59 Å². The third-order valence-corrected chi connectivity index (χ3v) is 5.66. The van der Waals surface area contributed by atoms with E-state index in [0.29, 0.717) is 22.7 Å². The van der Waals surface area contributed by atoms with E-state index in [4.69, 9.17) is 4.74 Å².